The summed E-state index contributed by atoms with van der Waals surface area (Å²) >= 11 is 0. The number of phenolic OH excluding ortho intramolecular Hbond substituents is 1. The molecule has 1 rings (SSSR count). The molecular formula is C13H16O4. The van der Waals surface area contributed by atoms with Crippen molar-refractivity contribution in [2.75, 3.05) is 14.2 Å². The SMILES string of the molecule is C=CCc1c(O)c(C(=O)OC)cc(C)c1OC. The first-order valence-electron chi connectivity index (χ1n) is 5.15. The Balaban J connectivity index is 3.47. The van der Waals surface area contributed by atoms with Crippen LogP contribution in [-0.4, -0.2) is 25.3 Å². The lowest BCUT2D eigenvalue weighted by Gasteiger charge is -2.14. The van der Waals surface area contributed by atoms with E-state index in [1.165, 1.54) is 14.2 Å². The number of aryl methyl sites for hydroxylation is 1. The number of methoxy groups -OCH3 is 2. The summed E-state index contributed by atoms with van der Waals surface area (Å²) < 4.78 is 9.83. The molecule has 0 saturated heterocycles. The molecule has 1 N–H and O–H groups in total. The van der Waals surface area contributed by atoms with Gasteiger partial charge in [-0.15, -0.1) is 6.58 Å². The molecule has 4 heteroatoms. The number of phenols is 1. The van der Waals surface area contributed by atoms with Crippen molar-refractivity contribution in [3.63, 3.8) is 0 Å². The fourth-order valence-electron chi connectivity index (χ4n) is 1.74. The summed E-state index contributed by atoms with van der Waals surface area (Å²) in [6, 6.07) is 1.55. The molecule has 4 nitrogen and oxygen atoms in total. The second kappa shape index (κ2) is 5.39. The van der Waals surface area contributed by atoms with E-state index in [0.717, 1.165) is 5.56 Å². The zero-order valence-corrected chi connectivity index (χ0v) is 10.2. The number of carbonyl (C=O) groups excluding carboxylic acids is 1. The van der Waals surface area contributed by atoms with Gasteiger partial charge in [0.25, 0.3) is 0 Å². The number of benzene rings is 1. The number of hydrogen-bond acceptors (Lipinski definition) is 4. The van der Waals surface area contributed by atoms with Crippen LogP contribution in [0.4, 0.5) is 0 Å². The Bertz CT molecular complexity index is 449. The van der Waals surface area contributed by atoms with Gasteiger partial charge in [-0.05, 0) is 25.0 Å². The molecule has 1 aromatic rings. The van der Waals surface area contributed by atoms with Crippen LogP contribution in [-0.2, 0) is 11.2 Å². The summed E-state index contributed by atoms with van der Waals surface area (Å²) in [6.07, 6.45) is 2.05. The van der Waals surface area contributed by atoms with E-state index in [2.05, 4.69) is 11.3 Å². The van der Waals surface area contributed by atoms with Crippen molar-refractivity contribution in [2.45, 2.75) is 13.3 Å². The molecule has 0 aliphatic carbocycles. The monoisotopic (exact) mass is 236 g/mol. The number of ether oxygens (including phenoxy) is 2. The summed E-state index contributed by atoms with van der Waals surface area (Å²) in [7, 11) is 2.79. The van der Waals surface area contributed by atoms with Gasteiger partial charge in [-0.25, -0.2) is 4.79 Å². The second-order valence-corrected chi connectivity index (χ2v) is 3.59. The average molecular weight is 236 g/mol. The number of rotatable bonds is 4. The minimum absolute atomic E-state index is 0.112. The van der Waals surface area contributed by atoms with Gasteiger partial charge in [-0.3, -0.25) is 0 Å². The maximum atomic E-state index is 11.5. The Kier molecular flexibility index (Phi) is 4.15. The van der Waals surface area contributed by atoms with E-state index in [1.54, 1.807) is 19.1 Å². The largest absolute Gasteiger partial charge is 0.507 e. The lowest BCUT2D eigenvalue weighted by atomic mass is 10.0. The molecular weight excluding hydrogens is 220 g/mol. The maximum Gasteiger partial charge on any atom is 0.341 e. The molecule has 0 atom stereocenters. The Morgan fingerprint density at radius 3 is 2.65 bits per heavy atom. The lowest BCUT2D eigenvalue weighted by Crippen LogP contribution is -2.05. The average Bonchev–Trinajstić information content (AvgIpc) is 2.33. The normalized spacial score (nSPS) is 9.82. The number of aromatic hydroxyl groups is 1. The first-order valence-corrected chi connectivity index (χ1v) is 5.15. The molecule has 0 radical (unpaired) electrons. The van der Waals surface area contributed by atoms with Crippen LogP contribution in [0.15, 0.2) is 18.7 Å². The predicted octanol–water partition coefficient (Wildman–Crippen LogP) is 2.22. The minimum Gasteiger partial charge on any atom is -0.507 e. The maximum absolute atomic E-state index is 11.5. The van der Waals surface area contributed by atoms with Gasteiger partial charge < -0.3 is 14.6 Å². The topological polar surface area (TPSA) is 55.8 Å². The third-order valence-electron chi connectivity index (χ3n) is 2.49. The summed E-state index contributed by atoms with van der Waals surface area (Å²) in [4.78, 5) is 11.5. The molecule has 0 amide bonds. The van der Waals surface area contributed by atoms with Gasteiger partial charge in [0.05, 0.1) is 14.2 Å². The van der Waals surface area contributed by atoms with Crippen LogP contribution in [0.3, 0.4) is 0 Å². The zero-order valence-electron chi connectivity index (χ0n) is 10.2. The highest BCUT2D eigenvalue weighted by Gasteiger charge is 2.20. The molecule has 17 heavy (non-hydrogen) atoms. The predicted molar refractivity (Wildman–Crippen MR) is 64.6 cm³/mol. The zero-order chi connectivity index (χ0) is 13.0. The molecule has 0 bridgehead atoms. The quantitative estimate of drug-likeness (QED) is 0.643. The van der Waals surface area contributed by atoms with Crippen molar-refractivity contribution in [1.82, 2.24) is 0 Å². The van der Waals surface area contributed by atoms with Gasteiger partial charge >= 0.3 is 5.97 Å². The van der Waals surface area contributed by atoms with Gasteiger partial charge in [-0.2, -0.15) is 0 Å². The van der Waals surface area contributed by atoms with Gasteiger partial charge in [-0.1, -0.05) is 6.08 Å². The number of esters is 1. The van der Waals surface area contributed by atoms with Crippen LogP contribution in [0.1, 0.15) is 21.5 Å². The molecule has 0 fully saturated rings. The molecule has 0 heterocycles. The van der Waals surface area contributed by atoms with E-state index < -0.39 is 5.97 Å². The second-order valence-electron chi connectivity index (χ2n) is 3.59. The Morgan fingerprint density at radius 1 is 1.53 bits per heavy atom. The standard InChI is InChI=1S/C13H16O4/c1-5-6-9-11(14)10(13(15)17-4)7-8(2)12(9)16-3/h5,7,14H,1,6H2,2-4H3. The van der Waals surface area contributed by atoms with Crippen molar-refractivity contribution in [2.24, 2.45) is 0 Å². The van der Waals surface area contributed by atoms with Crippen LogP contribution in [0, 0.1) is 6.92 Å². The summed E-state index contributed by atoms with van der Waals surface area (Å²) in [5.74, 6) is -0.118. The first-order chi connectivity index (χ1) is 8.06. The van der Waals surface area contributed by atoms with Crippen molar-refractivity contribution in [1.29, 1.82) is 0 Å². The highest BCUT2D eigenvalue weighted by atomic mass is 16.5. The van der Waals surface area contributed by atoms with Crippen molar-refractivity contribution >= 4 is 5.97 Å². The Hall–Kier alpha value is -1.97. The molecule has 0 unspecified atom stereocenters. The van der Waals surface area contributed by atoms with Crippen molar-refractivity contribution < 1.29 is 19.4 Å². The number of hydrogen-bond donors (Lipinski definition) is 1. The van der Waals surface area contributed by atoms with Crippen LogP contribution < -0.4 is 4.74 Å². The molecule has 92 valence electrons. The highest BCUT2D eigenvalue weighted by molar-refractivity contribution is 5.93. The summed E-state index contributed by atoms with van der Waals surface area (Å²) in [6.45, 7) is 5.42. The lowest BCUT2D eigenvalue weighted by molar-refractivity contribution is 0.0597. The molecule has 0 aliphatic heterocycles. The third-order valence-corrected chi connectivity index (χ3v) is 2.49. The fourth-order valence-corrected chi connectivity index (χ4v) is 1.74. The van der Waals surface area contributed by atoms with E-state index >= 15 is 0 Å². The number of carbonyl (C=O) groups is 1. The molecule has 1 aromatic carbocycles. The van der Waals surface area contributed by atoms with Gasteiger partial charge in [0.2, 0.25) is 0 Å². The van der Waals surface area contributed by atoms with E-state index in [-0.39, 0.29) is 11.3 Å². The van der Waals surface area contributed by atoms with Gasteiger partial charge in [0.15, 0.2) is 0 Å². The van der Waals surface area contributed by atoms with Crippen LogP contribution >= 0.6 is 0 Å². The van der Waals surface area contributed by atoms with E-state index in [9.17, 15) is 9.90 Å². The molecule has 0 spiro atoms. The number of allylic oxidation sites excluding steroid dienone is 1. The third kappa shape index (κ3) is 2.41. The summed E-state index contributed by atoms with van der Waals surface area (Å²) in [5, 5.41) is 10.0. The smallest absolute Gasteiger partial charge is 0.341 e. The minimum atomic E-state index is -0.571. The van der Waals surface area contributed by atoms with Gasteiger partial charge in [0.1, 0.15) is 17.1 Å². The Morgan fingerprint density at radius 2 is 2.18 bits per heavy atom. The van der Waals surface area contributed by atoms with E-state index in [1.807, 2.05) is 0 Å². The highest BCUT2D eigenvalue weighted by Crippen LogP contribution is 2.35. The molecule has 0 aliphatic rings. The van der Waals surface area contributed by atoms with Crippen molar-refractivity contribution in [3.05, 3.63) is 35.4 Å². The van der Waals surface area contributed by atoms with Crippen molar-refractivity contribution in [3.8, 4) is 11.5 Å². The van der Waals surface area contributed by atoms with E-state index in [0.29, 0.717) is 17.7 Å². The Labute approximate surface area is 100 Å². The van der Waals surface area contributed by atoms with E-state index in [4.69, 9.17) is 4.74 Å². The van der Waals surface area contributed by atoms with Gasteiger partial charge in [0, 0.05) is 5.56 Å². The van der Waals surface area contributed by atoms with Crippen LogP contribution in [0.25, 0.3) is 0 Å². The summed E-state index contributed by atoms with van der Waals surface area (Å²) in [5.41, 5.74) is 1.45. The fraction of sp³-hybridized carbons (Fsp3) is 0.308. The molecule has 0 saturated carbocycles. The van der Waals surface area contributed by atoms with Crippen LogP contribution in [0.2, 0.25) is 0 Å². The first kappa shape index (κ1) is 13.1. The molecule has 0 aromatic heterocycles. The van der Waals surface area contributed by atoms with Crippen LogP contribution in [0.5, 0.6) is 11.5 Å².